The van der Waals surface area contributed by atoms with Crippen molar-refractivity contribution in [1.82, 2.24) is 4.90 Å². The van der Waals surface area contributed by atoms with Gasteiger partial charge in [-0.15, -0.1) is 11.8 Å². The van der Waals surface area contributed by atoms with Crippen molar-refractivity contribution in [3.05, 3.63) is 78.4 Å². The van der Waals surface area contributed by atoms with Crippen molar-refractivity contribution in [2.45, 2.75) is 24.2 Å². The van der Waals surface area contributed by atoms with Gasteiger partial charge in [0.2, 0.25) is 5.91 Å². The van der Waals surface area contributed by atoms with Crippen LogP contribution >= 0.6 is 11.8 Å². The zero-order valence-corrected chi connectivity index (χ0v) is 23.3. The summed E-state index contributed by atoms with van der Waals surface area (Å²) in [6.07, 6.45) is 3.23. The summed E-state index contributed by atoms with van der Waals surface area (Å²) < 4.78 is 5.57. The lowest BCUT2D eigenvalue weighted by atomic mass is 10.1. The van der Waals surface area contributed by atoms with Crippen LogP contribution in [0.1, 0.15) is 29.6 Å². The summed E-state index contributed by atoms with van der Waals surface area (Å²) in [5, 5.41) is 3.01. The van der Waals surface area contributed by atoms with Gasteiger partial charge in [-0.3, -0.25) is 9.59 Å². The summed E-state index contributed by atoms with van der Waals surface area (Å²) in [4.78, 5) is 34.1. The molecule has 204 valence electrons. The number of carbonyl (C=O) groups is 2. The molecule has 2 saturated heterocycles. The highest BCUT2D eigenvalue weighted by molar-refractivity contribution is 8.00. The van der Waals surface area contributed by atoms with Crippen LogP contribution in [-0.2, 0) is 4.79 Å². The summed E-state index contributed by atoms with van der Waals surface area (Å²) in [5.41, 5.74) is 3.35. The predicted molar refractivity (Wildman–Crippen MR) is 159 cm³/mol. The highest BCUT2D eigenvalue weighted by atomic mass is 32.2. The number of hydrogen-bond donors (Lipinski definition) is 1. The minimum Gasteiger partial charge on any atom is -0.495 e. The van der Waals surface area contributed by atoms with Crippen LogP contribution in [0.2, 0.25) is 0 Å². The van der Waals surface area contributed by atoms with Crippen molar-refractivity contribution < 1.29 is 14.3 Å². The minimum atomic E-state index is -0.0848. The monoisotopic (exact) mass is 544 g/mol. The number of nitrogens with zero attached hydrogens (tertiary/aromatic N) is 3. The molecule has 2 fully saturated rings. The van der Waals surface area contributed by atoms with Gasteiger partial charge in [0.1, 0.15) is 5.75 Å². The Morgan fingerprint density at radius 1 is 0.795 bits per heavy atom. The SMILES string of the molecule is COc1ccccc1N1CCN(c2ccc(NC(=O)CSc3ccccc3)cc2C(=O)N2CCCCC2)CC1. The zero-order chi connectivity index (χ0) is 27.0. The predicted octanol–water partition coefficient (Wildman–Crippen LogP) is 5.38. The molecule has 0 saturated carbocycles. The largest absolute Gasteiger partial charge is 0.495 e. The second-order valence-corrected chi connectivity index (χ2v) is 10.9. The van der Waals surface area contributed by atoms with E-state index in [0.29, 0.717) is 17.0 Å². The number of rotatable bonds is 8. The van der Waals surface area contributed by atoms with Crippen LogP contribution in [0.15, 0.2) is 77.7 Å². The molecule has 2 amide bonds. The summed E-state index contributed by atoms with van der Waals surface area (Å²) in [5.74, 6) is 1.15. The van der Waals surface area contributed by atoms with Crippen molar-refractivity contribution in [1.29, 1.82) is 0 Å². The van der Waals surface area contributed by atoms with Crippen molar-refractivity contribution in [2.75, 3.05) is 67.2 Å². The Balaban J connectivity index is 1.32. The third-order valence-corrected chi connectivity index (χ3v) is 8.33. The first kappa shape index (κ1) is 26.9. The average Bonchev–Trinajstić information content (AvgIpc) is 3.00. The molecule has 7 nitrogen and oxygen atoms in total. The first-order valence-electron chi connectivity index (χ1n) is 13.7. The normalized spacial score (nSPS) is 15.7. The number of carbonyl (C=O) groups excluding carboxylic acids is 2. The van der Waals surface area contributed by atoms with Crippen LogP contribution in [0, 0.1) is 0 Å². The lowest BCUT2D eigenvalue weighted by molar-refractivity contribution is -0.113. The fraction of sp³-hybridized carbons (Fsp3) is 0.355. The molecule has 0 aliphatic carbocycles. The number of ether oxygens (including phenoxy) is 1. The smallest absolute Gasteiger partial charge is 0.256 e. The first-order valence-corrected chi connectivity index (χ1v) is 14.6. The Bertz CT molecular complexity index is 1270. The van der Waals surface area contributed by atoms with E-state index in [1.165, 1.54) is 11.8 Å². The quantitative estimate of drug-likeness (QED) is 0.384. The number of hydrogen-bond acceptors (Lipinski definition) is 6. The van der Waals surface area contributed by atoms with Gasteiger partial charge in [0.15, 0.2) is 0 Å². The van der Waals surface area contributed by atoms with Gasteiger partial charge in [0.05, 0.1) is 24.1 Å². The van der Waals surface area contributed by atoms with Gasteiger partial charge >= 0.3 is 0 Å². The lowest BCUT2D eigenvalue weighted by Crippen LogP contribution is -2.47. The highest BCUT2D eigenvalue weighted by Crippen LogP contribution is 2.32. The minimum absolute atomic E-state index is 0.0478. The van der Waals surface area contributed by atoms with E-state index >= 15 is 0 Å². The Kier molecular flexibility index (Phi) is 8.93. The second kappa shape index (κ2) is 12.9. The van der Waals surface area contributed by atoms with Gasteiger partial charge in [-0.05, 0) is 61.7 Å². The molecule has 39 heavy (non-hydrogen) atoms. The molecular formula is C31H36N4O3S. The highest BCUT2D eigenvalue weighted by Gasteiger charge is 2.26. The number of nitrogens with one attached hydrogen (secondary N) is 1. The maximum atomic E-state index is 13.7. The topological polar surface area (TPSA) is 65.1 Å². The molecule has 2 heterocycles. The molecule has 5 rings (SSSR count). The third kappa shape index (κ3) is 6.68. The molecule has 3 aromatic carbocycles. The van der Waals surface area contributed by atoms with E-state index < -0.39 is 0 Å². The maximum absolute atomic E-state index is 13.7. The van der Waals surface area contributed by atoms with E-state index in [4.69, 9.17) is 4.74 Å². The molecule has 0 unspecified atom stereocenters. The van der Waals surface area contributed by atoms with Crippen LogP contribution in [0.5, 0.6) is 5.75 Å². The number of piperazine rings is 1. The van der Waals surface area contributed by atoms with E-state index in [-0.39, 0.29) is 11.8 Å². The van der Waals surface area contributed by atoms with E-state index in [9.17, 15) is 9.59 Å². The standard InChI is InChI=1S/C31H36N4O3S/c1-38-29-13-7-6-12-28(29)34-20-18-33(19-21-34)27-15-14-24(22-26(27)31(37)35-16-8-3-9-17-35)32-30(36)23-39-25-10-4-2-5-11-25/h2,4-7,10-15,22H,3,8-9,16-21,23H2,1H3,(H,32,36). The van der Waals surface area contributed by atoms with Crippen LogP contribution in [-0.4, -0.2) is 68.8 Å². The van der Waals surface area contributed by atoms with Crippen molar-refractivity contribution in [2.24, 2.45) is 0 Å². The van der Waals surface area contributed by atoms with Crippen molar-refractivity contribution >= 4 is 40.6 Å². The van der Waals surface area contributed by atoms with Crippen molar-refractivity contribution in [3.63, 3.8) is 0 Å². The Hall–Kier alpha value is -3.65. The second-order valence-electron chi connectivity index (χ2n) is 9.88. The summed E-state index contributed by atoms with van der Waals surface area (Å²) >= 11 is 1.50. The van der Waals surface area contributed by atoms with Crippen LogP contribution < -0.4 is 19.9 Å². The first-order chi connectivity index (χ1) is 19.1. The fourth-order valence-corrected chi connectivity index (χ4v) is 5.99. The molecule has 1 N–H and O–H groups in total. The molecule has 0 aromatic heterocycles. The number of likely N-dealkylation sites (tertiary alicyclic amines) is 1. The van der Waals surface area contributed by atoms with E-state index in [2.05, 4.69) is 21.2 Å². The molecule has 8 heteroatoms. The number of amides is 2. The molecule has 2 aliphatic heterocycles. The number of thioether (sulfide) groups is 1. The Labute approximate surface area is 235 Å². The number of methoxy groups -OCH3 is 1. The number of piperidine rings is 1. The molecular weight excluding hydrogens is 508 g/mol. The van der Waals surface area contributed by atoms with Gasteiger partial charge in [0, 0.05) is 55.5 Å². The van der Waals surface area contributed by atoms with E-state index in [0.717, 1.165) is 80.6 Å². The molecule has 0 spiro atoms. The van der Waals surface area contributed by atoms with E-state index in [1.54, 1.807) is 7.11 Å². The van der Waals surface area contributed by atoms with Gasteiger partial charge < -0.3 is 24.8 Å². The average molecular weight is 545 g/mol. The van der Waals surface area contributed by atoms with Crippen LogP contribution in [0.4, 0.5) is 17.1 Å². The van der Waals surface area contributed by atoms with Crippen molar-refractivity contribution in [3.8, 4) is 5.75 Å². The molecule has 2 aliphatic rings. The molecule has 0 bridgehead atoms. The van der Waals surface area contributed by atoms with Crippen LogP contribution in [0.3, 0.4) is 0 Å². The summed E-state index contributed by atoms with van der Waals surface area (Å²) in [7, 11) is 1.70. The Morgan fingerprint density at radius 3 is 2.18 bits per heavy atom. The number of anilines is 3. The van der Waals surface area contributed by atoms with Gasteiger partial charge in [0.25, 0.3) is 5.91 Å². The molecule has 3 aromatic rings. The number of benzene rings is 3. The van der Waals surface area contributed by atoms with Gasteiger partial charge in [-0.1, -0.05) is 30.3 Å². The third-order valence-electron chi connectivity index (χ3n) is 7.31. The Morgan fingerprint density at radius 2 is 1.46 bits per heavy atom. The lowest BCUT2D eigenvalue weighted by Gasteiger charge is -2.39. The van der Waals surface area contributed by atoms with E-state index in [1.807, 2.05) is 71.6 Å². The van der Waals surface area contributed by atoms with Gasteiger partial charge in [-0.25, -0.2) is 0 Å². The fourth-order valence-electron chi connectivity index (χ4n) is 5.27. The summed E-state index contributed by atoms with van der Waals surface area (Å²) in [6.45, 7) is 4.80. The zero-order valence-electron chi connectivity index (χ0n) is 22.5. The van der Waals surface area contributed by atoms with Gasteiger partial charge in [-0.2, -0.15) is 0 Å². The molecule has 0 atom stereocenters. The maximum Gasteiger partial charge on any atom is 0.256 e. The van der Waals surface area contributed by atoms with Crippen LogP contribution in [0.25, 0.3) is 0 Å². The molecule has 0 radical (unpaired) electrons. The summed E-state index contributed by atoms with van der Waals surface area (Å²) in [6, 6.07) is 23.8. The number of para-hydroxylation sites is 2.